The molecule has 1 aromatic rings. The summed E-state index contributed by atoms with van der Waals surface area (Å²) in [5.74, 6) is 0. The van der Waals surface area contributed by atoms with Crippen molar-refractivity contribution < 1.29 is 8.42 Å². The van der Waals surface area contributed by atoms with Crippen LogP contribution in [-0.2, 0) is 10.0 Å². The van der Waals surface area contributed by atoms with Gasteiger partial charge in [-0.2, -0.15) is 4.31 Å². The molecule has 1 N–H and O–H groups in total. The number of piperazine rings is 1. The molecule has 0 aromatic heterocycles. The molecule has 0 aliphatic carbocycles. The number of hydrogen-bond donors (Lipinski definition) is 1. The molecule has 5 heteroatoms. The number of rotatable bonds is 2. The van der Waals surface area contributed by atoms with Crippen molar-refractivity contribution in [3.05, 3.63) is 35.4 Å². The van der Waals surface area contributed by atoms with Crippen LogP contribution in [-0.4, -0.2) is 38.6 Å². The highest BCUT2D eigenvalue weighted by atomic mass is 32.2. The maximum absolute atomic E-state index is 11.7. The summed E-state index contributed by atoms with van der Waals surface area (Å²) in [6, 6.07) is 7.96. The van der Waals surface area contributed by atoms with E-state index in [-0.39, 0.29) is 6.04 Å². The van der Waals surface area contributed by atoms with Crippen molar-refractivity contribution in [1.82, 2.24) is 9.62 Å². The van der Waals surface area contributed by atoms with Crippen molar-refractivity contribution in [2.24, 2.45) is 0 Å². The number of nitrogens with one attached hydrogen (secondary N) is 1. The standard InChI is InChI=1S/C12H18N2O2S/c1-10-3-5-11(6-4-10)12-9-13-7-8-14(12)17(2,15)16/h3-6,12-13H,7-9H2,1-2H3. The molecule has 1 aliphatic rings. The number of nitrogens with zero attached hydrogens (tertiary/aromatic N) is 1. The topological polar surface area (TPSA) is 49.4 Å². The van der Waals surface area contributed by atoms with Crippen molar-refractivity contribution >= 4 is 10.0 Å². The molecule has 1 heterocycles. The number of hydrogen-bond acceptors (Lipinski definition) is 3. The lowest BCUT2D eigenvalue weighted by Gasteiger charge is -2.34. The normalized spacial score (nSPS) is 22.6. The fraction of sp³-hybridized carbons (Fsp3) is 0.500. The minimum Gasteiger partial charge on any atom is -0.313 e. The smallest absolute Gasteiger partial charge is 0.211 e. The van der Waals surface area contributed by atoms with E-state index in [0.717, 1.165) is 12.1 Å². The molecule has 0 bridgehead atoms. The van der Waals surface area contributed by atoms with Gasteiger partial charge in [0.2, 0.25) is 10.0 Å². The van der Waals surface area contributed by atoms with Crippen molar-refractivity contribution in [2.45, 2.75) is 13.0 Å². The van der Waals surface area contributed by atoms with E-state index in [9.17, 15) is 8.42 Å². The molecule has 0 spiro atoms. The predicted octanol–water partition coefficient (Wildman–Crippen LogP) is 0.901. The Hall–Kier alpha value is -0.910. The lowest BCUT2D eigenvalue weighted by Crippen LogP contribution is -2.48. The molecule has 1 atom stereocenters. The highest BCUT2D eigenvalue weighted by Gasteiger charge is 2.30. The molecule has 1 aromatic carbocycles. The van der Waals surface area contributed by atoms with Gasteiger partial charge in [-0.25, -0.2) is 8.42 Å². The zero-order valence-electron chi connectivity index (χ0n) is 10.2. The van der Waals surface area contributed by atoms with Crippen LogP contribution < -0.4 is 5.32 Å². The predicted molar refractivity (Wildman–Crippen MR) is 68.3 cm³/mol. The monoisotopic (exact) mass is 254 g/mol. The van der Waals surface area contributed by atoms with Gasteiger partial charge in [-0.05, 0) is 12.5 Å². The maximum Gasteiger partial charge on any atom is 0.211 e. The van der Waals surface area contributed by atoms with Crippen LogP contribution in [0.4, 0.5) is 0 Å². The SMILES string of the molecule is Cc1ccc(C2CNCCN2S(C)(=O)=O)cc1. The van der Waals surface area contributed by atoms with E-state index in [1.165, 1.54) is 11.8 Å². The van der Waals surface area contributed by atoms with Crippen LogP contribution in [0.3, 0.4) is 0 Å². The lowest BCUT2D eigenvalue weighted by molar-refractivity contribution is 0.273. The summed E-state index contributed by atoms with van der Waals surface area (Å²) in [7, 11) is -3.14. The largest absolute Gasteiger partial charge is 0.313 e. The summed E-state index contributed by atoms with van der Waals surface area (Å²) >= 11 is 0. The van der Waals surface area contributed by atoms with Crippen molar-refractivity contribution in [3.8, 4) is 0 Å². The van der Waals surface area contributed by atoms with Gasteiger partial charge in [0.05, 0.1) is 12.3 Å². The molecule has 0 radical (unpaired) electrons. The highest BCUT2D eigenvalue weighted by molar-refractivity contribution is 7.88. The van der Waals surface area contributed by atoms with E-state index in [4.69, 9.17) is 0 Å². The first-order valence-electron chi connectivity index (χ1n) is 5.72. The van der Waals surface area contributed by atoms with Crippen LogP contribution in [0.15, 0.2) is 24.3 Å². The third kappa shape index (κ3) is 2.86. The second kappa shape index (κ2) is 4.76. The second-order valence-electron chi connectivity index (χ2n) is 4.50. The first-order valence-corrected chi connectivity index (χ1v) is 7.57. The first kappa shape index (κ1) is 12.5. The van der Waals surface area contributed by atoms with E-state index >= 15 is 0 Å². The quantitative estimate of drug-likeness (QED) is 0.853. The maximum atomic E-state index is 11.7. The van der Waals surface area contributed by atoms with Crippen molar-refractivity contribution in [1.29, 1.82) is 0 Å². The van der Waals surface area contributed by atoms with Gasteiger partial charge in [-0.3, -0.25) is 0 Å². The summed E-state index contributed by atoms with van der Waals surface area (Å²) in [5.41, 5.74) is 2.23. The van der Waals surface area contributed by atoms with Crippen molar-refractivity contribution in [2.75, 3.05) is 25.9 Å². The Labute approximate surface area is 103 Å². The molecular formula is C12H18N2O2S. The Morgan fingerprint density at radius 3 is 2.53 bits per heavy atom. The molecule has 2 rings (SSSR count). The first-order chi connectivity index (χ1) is 7.98. The number of aryl methyl sites for hydroxylation is 1. The molecule has 94 valence electrons. The van der Waals surface area contributed by atoms with E-state index in [0.29, 0.717) is 13.1 Å². The van der Waals surface area contributed by atoms with Crippen LogP contribution in [0.25, 0.3) is 0 Å². The minimum atomic E-state index is -3.14. The second-order valence-corrected chi connectivity index (χ2v) is 6.44. The minimum absolute atomic E-state index is 0.0839. The van der Waals surface area contributed by atoms with Gasteiger partial charge >= 0.3 is 0 Å². The summed E-state index contributed by atoms with van der Waals surface area (Å²) in [6.45, 7) is 3.96. The number of benzene rings is 1. The van der Waals surface area contributed by atoms with Gasteiger partial charge in [0.25, 0.3) is 0 Å². The molecule has 1 aliphatic heterocycles. The zero-order chi connectivity index (χ0) is 12.5. The van der Waals surface area contributed by atoms with Crippen LogP contribution in [0.1, 0.15) is 17.2 Å². The van der Waals surface area contributed by atoms with Gasteiger partial charge in [-0.1, -0.05) is 29.8 Å². The van der Waals surface area contributed by atoms with E-state index in [1.807, 2.05) is 31.2 Å². The van der Waals surface area contributed by atoms with Gasteiger partial charge in [0, 0.05) is 19.6 Å². The third-order valence-electron chi connectivity index (χ3n) is 3.08. The van der Waals surface area contributed by atoms with Gasteiger partial charge in [-0.15, -0.1) is 0 Å². The van der Waals surface area contributed by atoms with Crippen LogP contribution in [0.2, 0.25) is 0 Å². The Kier molecular flexibility index (Phi) is 3.51. The summed E-state index contributed by atoms with van der Waals surface area (Å²) in [4.78, 5) is 0. The van der Waals surface area contributed by atoms with E-state index in [1.54, 1.807) is 4.31 Å². The molecule has 0 saturated carbocycles. The molecule has 0 amide bonds. The third-order valence-corrected chi connectivity index (χ3v) is 4.37. The fourth-order valence-corrected chi connectivity index (χ4v) is 3.24. The molecule has 4 nitrogen and oxygen atoms in total. The molecule has 1 unspecified atom stereocenters. The Balaban J connectivity index is 2.31. The molecule has 1 saturated heterocycles. The van der Waals surface area contributed by atoms with Crippen LogP contribution in [0.5, 0.6) is 0 Å². The summed E-state index contributed by atoms with van der Waals surface area (Å²) in [5, 5.41) is 3.24. The van der Waals surface area contributed by atoms with Crippen LogP contribution >= 0.6 is 0 Å². The number of sulfonamides is 1. The van der Waals surface area contributed by atoms with Gasteiger partial charge in [0.15, 0.2) is 0 Å². The van der Waals surface area contributed by atoms with Crippen LogP contribution in [0, 0.1) is 6.92 Å². The molecular weight excluding hydrogens is 236 g/mol. The van der Waals surface area contributed by atoms with E-state index in [2.05, 4.69) is 5.32 Å². The van der Waals surface area contributed by atoms with Gasteiger partial charge < -0.3 is 5.32 Å². The Bertz CT molecular complexity index is 482. The summed E-state index contributed by atoms with van der Waals surface area (Å²) < 4.78 is 25.0. The Morgan fingerprint density at radius 2 is 1.94 bits per heavy atom. The van der Waals surface area contributed by atoms with Crippen molar-refractivity contribution in [3.63, 3.8) is 0 Å². The lowest BCUT2D eigenvalue weighted by atomic mass is 10.0. The average molecular weight is 254 g/mol. The van der Waals surface area contributed by atoms with Gasteiger partial charge in [0.1, 0.15) is 0 Å². The molecule has 17 heavy (non-hydrogen) atoms. The summed E-state index contributed by atoms with van der Waals surface area (Å²) in [6.07, 6.45) is 1.28. The average Bonchev–Trinajstić information content (AvgIpc) is 2.29. The van der Waals surface area contributed by atoms with E-state index < -0.39 is 10.0 Å². The highest BCUT2D eigenvalue weighted by Crippen LogP contribution is 2.24. The zero-order valence-corrected chi connectivity index (χ0v) is 11.0. The fourth-order valence-electron chi connectivity index (χ4n) is 2.16. The Morgan fingerprint density at radius 1 is 1.29 bits per heavy atom. The molecule has 1 fully saturated rings.